The number of amides is 1. The number of thioether (sulfide) groups is 1. The van der Waals surface area contributed by atoms with Crippen LogP contribution in [-0.2, 0) is 17.0 Å². The average molecular weight is 359 g/mol. The molecule has 3 rings (SSSR count). The van der Waals surface area contributed by atoms with Crippen LogP contribution in [0.1, 0.15) is 16.7 Å². The van der Waals surface area contributed by atoms with E-state index in [-0.39, 0.29) is 5.91 Å². The van der Waals surface area contributed by atoms with Crippen LogP contribution >= 0.6 is 23.4 Å². The number of benzene rings is 2. The summed E-state index contributed by atoms with van der Waals surface area (Å²) in [6.07, 6.45) is 0.376. The summed E-state index contributed by atoms with van der Waals surface area (Å²) < 4.78 is 0. The molecule has 0 aromatic heterocycles. The highest BCUT2D eigenvalue weighted by Crippen LogP contribution is 2.22. The summed E-state index contributed by atoms with van der Waals surface area (Å²) in [5.74, 6) is 0.918. The van der Waals surface area contributed by atoms with Crippen molar-refractivity contribution >= 4 is 34.4 Å². The molecule has 3 nitrogen and oxygen atoms in total. The number of nitrogens with zero attached hydrogens (tertiary/aromatic N) is 2. The van der Waals surface area contributed by atoms with Crippen molar-refractivity contribution in [3.05, 3.63) is 70.2 Å². The predicted molar refractivity (Wildman–Crippen MR) is 102 cm³/mol. The maximum absolute atomic E-state index is 12.6. The number of hydrogen-bond donors (Lipinski definition) is 0. The highest BCUT2D eigenvalue weighted by atomic mass is 35.5. The predicted octanol–water partition coefficient (Wildman–Crippen LogP) is 4.32. The second-order valence-electron chi connectivity index (χ2n) is 5.73. The van der Waals surface area contributed by atoms with Gasteiger partial charge in [0.15, 0.2) is 5.17 Å². The minimum Gasteiger partial charge on any atom is -0.289 e. The Bertz CT molecular complexity index is 758. The molecule has 2 aromatic rings. The molecule has 0 N–H and O–H groups in total. The summed E-state index contributed by atoms with van der Waals surface area (Å²) >= 11 is 7.53. The Hall–Kier alpha value is -1.78. The molecule has 0 saturated heterocycles. The summed E-state index contributed by atoms with van der Waals surface area (Å²) in [5, 5.41) is 1.51. The molecule has 1 heterocycles. The number of amidine groups is 1. The van der Waals surface area contributed by atoms with E-state index in [1.165, 1.54) is 11.1 Å². The zero-order chi connectivity index (χ0) is 16.9. The molecule has 124 valence electrons. The molecule has 0 atom stereocenters. The van der Waals surface area contributed by atoms with E-state index in [2.05, 4.69) is 24.0 Å². The van der Waals surface area contributed by atoms with E-state index in [1.54, 1.807) is 16.7 Å². The van der Waals surface area contributed by atoms with Crippen LogP contribution in [-0.4, -0.2) is 29.1 Å². The van der Waals surface area contributed by atoms with Crippen molar-refractivity contribution in [3.8, 4) is 0 Å². The zero-order valence-corrected chi connectivity index (χ0v) is 15.1. The largest absolute Gasteiger partial charge is 0.289 e. The van der Waals surface area contributed by atoms with E-state index >= 15 is 0 Å². The van der Waals surface area contributed by atoms with Gasteiger partial charge in [-0.3, -0.25) is 14.7 Å². The minimum atomic E-state index is 0.0888. The molecule has 1 aliphatic rings. The molecule has 1 amide bonds. The summed E-state index contributed by atoms with van der Waals surface area (Å²) in [6.45, 7) is 3.46. The number of halogens is 1. The molecule has 0 unspecified atom stereocenters. The first-order chi connectivity index (χ1) is 11.6. The summed E-state index contributed by atoms with van der Waals surface area (Å²) in [5.41, 5.74) is 3.52. The van der Waals surface area contributed by atoms with Gasteiger partial charge in [0.05, 0.1) is 13.0 Å². The van der Waals surface area contributed by atoms with Gasteiger partial charge in [0.25, 0.3) is 0 Å². The normalized spacial score (nSPS) is 13.9. The van der Waals surface area contributed by atoms with Gasteiger partial charge < -0.3 is 0 Å². The molecule has 0 radical (unpaired) electrons. The van der Waals surface area contributed by atoms with Crippen LogP contribution in [0.5, 0.6) is 0 Å². The van der Waals surface area contributed by atoms with E-state index in [4.69, 9.17) is 11.6 Å². The Balaban J connectivity index is 1.61. The molecule has 0 spiro atoms. The van der Waals surface area contributed by atoms with E-state index in [9.17, 15) is 4.79 Å². The molecule has 24 heavy (non-hydrogen) atoms. The van der Waals surface area contributed by atoms with E-state index in [0.29, 0.717) is 24.5 Å². The van der Waals surface area contributed by atoms with Gasteiger partial charge in [-0.15, -0.1) is 0 Å². The van der Waals surface area contributed by atoms with Gasteiger partial charge in [-0.05, 0) is 35.7 Å². The number of hydrogen-bond acceptors (Lipinski definition) is 3. The van der Waals surface area contributed by atoms with Crippen LogP contribution in [0, 0.1) is 6.92 Å². The molecule has 0 fully saturated rings. The highest BCUT2D eigenvalue weighted by Gasteiger charge is 2.24. The van der Waals surface area contributed by atoms with Crippen molar-refractivity contribution in [3.63, 3.8) is 0 Å². The number of rotatable bonds is 4. The number of carbonyl (C=O) groups is 1. The zero-order valence-electron chi connectivity index (χ0n) is 13.5. The van der Waals surface area contributed by atoms with Crippen molar-refractivity contribution < 1.29 is 4.79 Å². The summed E-state index contributed by atoms with van der Waals surface area (Å²) in [7, 11) is 0. The molecule has 0 aliphatic carbocycles. The number of aryl methyl sites for hydroxylation is 1. The summed E-state index contributed by atoms with van der Waals surface area (Å²) in [6, 6.07) is 15.7. The van der Waals surface area contributed by atoms with Crippen LogP contribution in [0.15, 0.2) is 53.5 Å². The maximum atomic E-state index is 12.6. The Labute approximate surface area is 151 Å². The number of carbonyl (C=O) groups excluding carboxylic acids is 1. The van der Waals surface area contributed by atoms with Crippen LogP contribution in [0.2, 0.25) is 5.02 Å². The fourth-order valence-corrected chi connectivity index (χ4v) is 3.83. The van der Waals surface area contributed by atoms with Crippen molar-refractivity contribution in [1.82, 2.24) is 4.90 Å². The fraction of sp³-hybridized carbons (Fsp3) is 0.263. The van der Waals surface area contributed by atoms with E-state index in [1.807, 2.05) is 36.4 Å². The van der Waals surface area contributed by atoms with E-state index in [0.717, 1.165) is 16.5 Å². The van der Waals surface area contributed by atoms with Gasteiger partial charge >= 0.3 is 0 Å². The van der Waals surface area contributed by atoms with Crippen molar-refractivity contribution in [2.75, 3.05) is 13.1 Å². The van der Waals surface area contributed by atoms with Crippen LogP contribution in [0.3, 0.4) is 0 Å². The quantitative estimate of drug-likeness (QED) is 0.815. The van der Waals surface area contributed by atoms with Gasteiger partial charge in [0, 0.05) is 17.3 Å². The second-order valence-corrected chi connectivity index (χ2v) is 7.11. The Kier molecular flexibility index (Phi) is 5.59. The van der Waals surface area contributed by atoms with Crippen LogP contribution in [0.25, 0.3) is 0 Å². The maximum Gasteiger partial charge on any atom is 0.233 e. The minimum absolute atomic E-state index is 0.0888. The third-order valence-corrected chi connectivity index (χ3v) is 5.30. The van der Waals surface area contributed by atoms with Gasteiger partial charge in [-0.25, -0.2) is 0 Å². The summed E-state index contributed by atoms with van der Waals surface area (Å²) in [4.78, 5) is 18.9. The lowest BCUT2D eigenvalue weighted by molar-refractivity contribution is -0.126. The smallest absolute Gasteiger partial charge is 0.233 e. The van der Waals surface area contributed by atoms with Crippen molar-refractivity contribution in [1.29, 1.82) is 0 Å². The lowest BCUT2D eigenvalue weighted by Crippen LogP contribution is -2.34. The first-order valence-corrected chi connectivity index (χ1v) is 9.26. The molecule has 0 saturated carbocycles. The van der Waals surface area contributed by atoms with E-state index < -0.39 is 0 Å². The van der Waals surface area contributed by atoms with Gasteiger partial charge in [-0.1, -0.05) is 59.8 Å². The van der Waals surface area contributed by atoms with Gasteiger partial charge in [0.2, 0.25) is 5.91 Å². The van der Waals surface area contributed by atoms with Crippen LogP contribution < -0.4 is 0 Å². The standard InChI is InChI=1S/C19H19ClN2OS/c1-14-4-2-3-5-16(14)13-24-19-21-10-11-22(19)18(23)12-15-6-8-17(20)9-7-15/h2-9H,10-13H2,1H3. The molecule has 2 aromatic carbocycles. The molecule has 0 bridgehead atoms. The Morgan fingerprint density at radius 3 is 2.71 bits per heavy atom. The monoisotopic (exact) mass is 358 g/mol. The van der Waals surface area contributed by atoms with Crippen LogP contribution in [0.4, 0.5) is 0 Å². The molecule has 1 aliphatic heterocycles. The van der Waals surface area contributed by atoms with Crippen molar-refractivity contribution in [2.45, 2.75) is 19.1 Å². The lowest BCUT2D eigenvalue weighted by atomic mass is 10.1. The number of aliphatic imine (C=N–C) groups is 1. The van der Waals surface area contributed by atoms with Gasteiger partial charge in [-0.2, -0.15) is 0 Å². The Morgan fingerprint density at radius 2 is 1.96 bits per heavy atom. The first-order valence-electron chi connectivity index (χ1n) is 7.90. The molecular formula is C19H19ClN2OS. The third kappa shape index (κ3) is 4.19. The van der Waals surface area contributed by atoms with Crippen molar-refractivity contribution in [2.24, 2.45) is 4.99 Å². The first kappa shape index (κ1) is 17.1. The van der Waals surface area contributed by atoms with Gasteiger partial charge in [0.1, 0.15) is 0 Å². The lowest BCUT2D eigenvalue weighted by Gasteiger charge is -2.18. The third-order valence-electron chi connectivity index (χ3n) is 3.99. The highest BCUT2D eigenvalue weighted by molar-refractivity contribution is 8.13. The fourth-order valence-electron chi connectivity index (χ4n) is 2.57. The molecule has 5 heteroatoms. The Morgan fingerprint density at radius 1 is 1.21 bits per heavy atom. The molecular weight excluding hydrogens is 340 g/mol. The second kappa shape index (κ2) is 7.86. The average Bonchev–Trinajstić information content (AvgIpc) is 3.05. The topological polar surface area (TPSA) is 32.7 Å². The SMILES string of the molecule is Cc1ccccc1CSC1=NCCN1C(=O)Cc1ccc(Cl)cc1.